The van der Waals surface area contributed by atoms with Crippen LogP contribution >= 0.6 is 11.3 Å². The molecule has 0 aliphatic carbocycles. The van der Waals surface area contributed by atoms with Crippen LogP contribution in [0.4, 0.5) is 11.4 Å². The van der Waals surface area contributed by atoms with Crippen molar-refractivity contribution in [3.05, 3.63) is 69.7 Å². The van der Waals surface area contributed by atoms with Gasteiger partial charge < -0.3 is 10.1 Å². The van der Waals surface area contributed by atoms with E-state index < -0.39 is 0 Å². The SMILES string of the molecule is CCC(C)(C)c1ccc2c(c1)N(Cc1nc(C(=O)Nc3ccc(C)cc3)cs1)C(=O)CO2. The minimum atomic E-state index is -0.267. The summed E-state index contributed by atoms with van der Waals surface area (Å²) in [6, 6.07) is 13.6. The van der Waals surface area contributed by atoms with Crippen LogP contribution in [0, 0.1) is 6.92 Å². The standard InChI is InChI=1S/C25H27N3O3S/c1-5-25(3,4)17-8-11-21-20(12-17)28(23(29)14-31-21)13-22-27-19(15-32-22)24(30)26-18-9-6-16(2)7-10-18/h6-12,15H,5,13-14H2,1-4H3,(H,26,30). The molecule has 1 aromatic heterocycles. The van der Waals surface area contributed by atoms with E-state index in [1.807, 2.05) is 43.3 Å². The van der Waals surface area contributed by atoms with Crippen LogP contribution in [0.2, 0.25) is 0 Å². The molecule has 0 bridgehead atoms. The van der Waals surface area contributed by atoms with Gasteiger partial charge in [-0.15, -0.1) is 11.3 Å². The summed E-state index contributed by atoms with van der Waals surface area (Å²) in [4.78, 5) is 31.5. The van der Waals surface area contributed by atoms with E-state index >= 15 is 0 Å². The lowest BCUT2D eigenvalue weighted by Gasteiger charge is -2.31. The molecule has 32 heavy (non-hydrogen) atoms. The van der Waals surface area contributed by atoms with Crippen molar-refractivity contribution in [1.29, 1.82) is 0 Å². The third-order valence-corrected chi connectivity index (χ3v) is 6.79. The summed E-state index contributed by atoms with van der Waals surface area (Å²) in [6.45, 7) is 8.81. The molecular formula is C25H27N3O3S. The maximum absolute atomic E-state index is 12.7. The molecule has 0 unspecified atom stereocenters. The number of amides is 2. The predicted octanol–water partition coefficient (Wildman–Crippen LogP) is 5.32. The Morgan fingerprint density at radius 2 is 1.97 bits per heavy atom. The summed E-state index contributed by atoms with van der Waals surface area (Å²) in [7, 11) is 0. The first-order valence-corrected chi connectivity index (χ1v) is 11.5. The lowest BCUT2D eigenvalue weighted by Crippen LogP contribution is -2.38. The van der Waals surface area contributed by atoms with Crippen LogP contribution < -0.4 is 15.0 Å². The maximum Gasteiger partial charge on any atom is 0.275 e. The van der Waals surface area contributed by atoms with Crippen LogP contribution in [0.5, 0.6) is 5.75 Å². The summed E-state index contributed by atoms with van der Waals surface area (Å²) in [6.07, 6.45) is 0.979. The van der Waals surface area contributed by atoms with E-state index in [1.54, 1.807) is 10.3 Å². The van der Waals surface area contributed by atoms with Crippen molar-refractivity contribution in [3.8, 4) is 5.75 Å². The van der Waals surface area contributed by atoms with Crippen molar-refractivity contribution in [2.75, 3.05) is 16.8 Å². The van der Waals surface area contributed by atoms with Crippen LogP contribution in [-0.2, 0) is 16.8 Å². The molecule has 0 saturated carbocycles. The molecule has 7 heteroatoms. The Bertz CT molecular complexity index is 1150. The fourth-order valence-electron chi connectivity index (χ4n) is 3.46. The quantitative estimate of drug-likeness (QED) is 0.553. The molecule has 1 N–H and O–H groups in total. The van der Waals surface area contributed by atoms with Gasteiger partial charge in [0, 0.05) is 11.1 Å². The molecule has 0 spiro atoms. The van der Waals surface area contributed by atoms with Crippen molar-refractivity contribution < 1.29 is 14.3 Å². The highest BCUT2D eigenvalue weighted by Gasteiger charge is 2.29. The van der Waals surface area contributed by atoms with E-state index in [-0.39, 0.29) is 23.8 Å². The monoisotopic (exact) mass is 449 g/mol. The van der Waals surface area contributed by atoms with Gasteiger partial charge in [-0.1, -0.05) is 44.5 Å². The van der Waals surface area contributed by atoms with E-state index in [0.717, 1.165) is 28.9 Å². The van der Waals surface area contributed by atoms with Gasteiger partial charge in [-0.3, -0.25) is 14.5 Å². The average Bonchev–Trinajstić information content (AvgIpc) is 3.26. The van der Waals surface area contributed by atoms with Crippen molar-refractivity contribution >= 4 is 34.5 Å². The number of nitrogens with one attached hydrogen (secondary N) is 1. The third-order valence-electron chi connectivity index (χ3n) is 5.95. The van der Waals surface area contributed by atoms with Crippen LogP contribution in [-0.4, -0.2) is 23.4 Å². The lowest BCUT2D eigenvalue weighted by molar-refractivity contribution is -0.121. The first kappa shape index (κ1) is 22.0. The molecule has 1 aliphatic rings. The number of fused-ring (bicyclic) bond motifs is 1. The summed E-state index contributed by atoms with van der Waals surface area (Å²) >= 11 is 1.37. The van der Waals surface area contributed by atoms with Gasteiger partial charge in [-0.25, -0.2) is 4.98 Å². The van der Waals surface area contributed by atoms with Crippen LogP contribution in [0.15, 0.2) is 47.8 Å². The molecule has 4 rings (SSSR count). The Labute approximate surface area is 192 Å². The van der Waals surface area contributed by atoms with E-state index in [0.29, 0.717) is 23.0 Å². The highest BCUT2D eigenvalue weighted by atomic mass is 32.1. The predicted molar refractivity (Wildman–Crippen MR) is 128 cm³/mol. The third kappa shape index (κ3) is 4.53. The maximum atomic E-state index is 12.7. The molecule has 0 radical (unpaired) electrons. The largest absolute Gasteiger partial charge is 0.482 e. The Kier molecular flexibility index (Phi) is 6.02. The van der Waals surface area contributed by atoms with Crippen LogP contribution in [0.3, 0.4) is 0 Å². The number of carbonyl (C=O) groups excluding carboxylic acids is 2. The number of thiazole rings is 1. The molecule has 0 fully saturated rings. The number of anilines is 2. The van der Waals surface area contributed by atoms with Crippen molar-refractivity contribution in [1.82, 2.24) is 4.98 Å². The van der Waals surface area contributed by atoms with Gasteiger partial charge in [0.25, 0.3) is 11.8 Å². The summed E-state index contributed by atoms with van der Waals surface area (Å²) in [5.74, 6) is 0.302. The molecule has 0 atom stereocenters. The van der Waals surface area contributed by atoms with Crippen molar-refractivity contribution in [3.63, 3.8) is 0 Å². The Hall–Kier alpha value is -3.19. The molecule has 6 nitrogen and oxygen atoms in total. The lowest BCUT2D eigenvalue weighted by atomic mass is 9.82. The zero-order valence-corrected chi connectivity index (χ0v) is 19.6. The topological polar surface area (TPSA) is 71.5 Å². The fourth-order valence-corrected chi connectivity index (χ4v) is 4.22. The number of nitrogens with zero attached hydrogens (tertiary/aromatic N) is 2. The molecular weight excluding hydrogens is 422 g/mol. The Morgan fingerprint density at radius 1 is 1.22 bits per heavy atom. The van der Waals surface area contributed by atoms with E-state index in [9.17, 15) is 9.59 Å². The Morgan fingerprint density at radius 3 is 2.69 bits per heavy atom. The minimum absolute atomic E-state index is 0.00431. The molecule has 0 saturated heterocycles. The zero-order chi connectivity index (χ0) is 22.9. The van der Waals surface area contributed by atoms with Gasteiger partial charge in [0.15, 0.2) is 6.61 Å². The van der Waals surface area contributed by atoms with Gasteiger partial charge in [0.05, 0.1) is 12.2 Å². The number of hydrogen-bond donors (Lipinski definition) is 1. The van der Waals surface area contributed by atoms with Crippen molar-refractivity contribution in [2.24, 2.45) is 0 Å². The number of aryl methyl sites for hydroxylation is 1. The first-order chi connectivity index (χ1) is 15.3. The van der Waals surface area contributed by atoms with Gasteiger partial charge in [-0.2, -0.15) is 0 Å². The van der Waals surface area contributed by atoms with Crippen molar-refractivity contribution in [2.45, 2.75) is 46.1 Å². The highest BCUT2D eigenvalue weighted by Crippen LogP contribution is 2.38. The number of benzene rings is 2. The molecule has 2 heterocycles. The number of rotatable bonds is 6. The second kappa shape index (κ2) is 8.74. The molecule has 166 valence electrons. The highest BCUT2D eigenvalue weighted by molar-refractivity contribution is 7.09. The Balaban J connectivity index is 1.54. The minimum Gasteiger partial charge on any atom is -0.482 e. The van der Waals surface area contributed by atoms with Gasteiger partial charge >= 0.3 is 0 Å². The fraction of sp³-hybridized carbons (Fsp3) is 0.320. The zero-order valence-electron chi connectivity index (χ0n) is 18.8. The normalized spacial score (nSPS) is 13.5. The van der Waals surface area contributed by atoms with Crippen LogP contribution in [0.25, 0.3) is 0 Å². The average molecular weight is 450 g/mol. The smallest absolute Gasteiger partial charge is 0.275 e. The summed E-state index contributed by atoms with van der Waals surface area (Å²) in [5, 5.41) is 5.28. The molecule has 1 aliphatic heterocycles. The molecule has 3 aromatic rings. The van der Waals surface area contributed by atoms with E-state index in [4.69, 9.17) is 4.74 Å². The number of ether oxygens (including phenoxy) is 1. The number of hydrogen-bond acceptors (Lipinski definition) is 5. The summed E-state index contributed by atoms with van der Waals surface area (Å²) < 4.78 is 5.65. The second-order valence-corrected chi connectivity index (χ2v) is 9.58. The van der Waals surface area contributed by atoms with Gasteiger partial charge in [0.1, 0.15) is 16.5 Å². The van der Waals surface area contributed by atoms with Crippen LogP contribution in [0.1, 0.15) is 53.8 Å². The van der Waals surface area contributed by atoms with E-state index in [2.05, 4.69) is 37.1 Å². The number of carbonyl (C=O) groups is 2. The molecule has 2 aromatic carbocycles. The summed E-state index contributed by atoms with van der Waals surface area (Å²) in [5.41, 5.74) is 4.08. The first-order valence-electron chi connectivity index (χ1n) is 10.7. The molecule has 2 amide bonds. The van der Waals surface area contributed by atoms with Gasteiger partial charge in [0.2, 0.25) is 0 Å². The van der Waals surface area contributed by atoms with E-state index in [1.165, 1.54) is 11.3 Å². The second-order valence-electron chi connectivity index (χ2n) is 8.64. The number of aromatic nitrogens is 1. The van der Waals surface area contributed by atoms with Gasteiger partial charge in [-0.05, 0) is 48.6 Å².